The molecule has 1 rings (SSSR count). The summed E-state index contributed by atoms with van der Waals surface area (Å²) in [4.78, 5) is 0. The minimum Gasteiger partial charge on any atom is -0.0894 e. The zero-order valence-corrected chi connectivity index (χ0v) is 9.60. The van der Waals surface area contributed by atoms with Crippen LogP contribution in [0.15, 0.2) is 10.2 Å². The van der Waals surface area contributed by atoms with Gasteiger partial charge >= 0.3 is 0 Å². The zero-order chi connectivity index (χ0) is 8.43. The summed E-state index contributed by atoms with van der Waals surface area (Å²) in [6, 6.07) is 0. The Labute approximate surface area is 83.6 Å². The van der Waals surface area contributed by atoms with Gasteiger partial charge in [-0.05, 0) is 56.8 Å². The van der Waals surface area contributed by atoms with Crippen LogP contribution in [0.25, 0.3) is 0 Å². The zero-order valence-electron chi connectivity index (χ0n) is 7.44. The molecule has 0 nitrogen and oxygen atoms in total. The van der Waals surface area contributed by atoms with Crippen molar-refractivity contribution in [1.29, 1.82) is 0 Å². The van der Waals surface area contributed by atoms with Crippen LogP contribution in [0.2, 0.25) is 0 Å². The highest BCUT2D eigenvalue weighted by Crippen LogP contribution is 2.38. The number of hydrogen-bond acceptors (Lipinski definition) is 0. The van der Waals surface area contributed by atoms with E-state index in [4.69, 9.17) is 0 Å². The minimum atomic E-state index is 0.798. The number of hydrogen-bond donors (Lipinski definition) is 0. The van der Waals surface area contributed by atoms with Crippen molar-refractivity contribution >= 4 is 22.6 Å². The fourth-order valence-electron chi connectivity index (χ4n) is 2.13. The lowest BCUT2D eigenvalue weighted by Gasteiger charge is -2.32. The summed E-state index contributed by atoms with van der Waals surface area (Å²) in [6.07, 6.45) is 4.16. The Bertz CT molecular complexity index is 151. The average molecular weight is 264 g/mol. The fraction of sp³-hybridized carbons (Fsp3) is 0.800. The molecule has 0 bridgehead atoms. The molecule has 0 N–H and O–H groups in total. The highest BCUT2D eigenvalue weighted by Gasteiger charge is 2.25. The van der Waals surface area contributed by atoms with Gasteiger partial charge in [0.05, 0.1) is 0 Å². The van der Waals surface area contributed by atoms with Crippen molar-refractivity contribution in [3.63, 3.8) is 0 Å². The van der Waals surface area contributed by atoms with Crippen LogP contribution in [0.4, 0.5) is 0 Å². The van der Waals surface area contributed by atoms with Crippen molar-refractivity contribution in [3.8, 4) is 0 Å². The van der Waals surface area contributed by atoms with Gasteiger partial charge in [-0.1, -0.05) is 26.8 Å². The average Bonchev–Trinajstić information content (AvgIpc) is 1.85. The Morgan fingerprint density at radius 3 is 2.45 bits per heavy atom. The Kier molecular flexibility index (Phi) is 3.41. The van der Waals surface area contributed by atoms with Gasteiger partial charge in [0.2, 0.25) is 0 Å². The summed E-state index contributed by atoms with van der Waals surface area (Å²) >= 11 is 2.39. The molecule has 0 saturated heterocycles. The third-order valence-electron chi connectivity index (χ3n) is 2.83. The normalized spacial score (nSPS) is 38.6. The largest absolute Gasteiger partial charge is 0.0894 e. The molecule has 1 aliphatic rings. The van der Waals surface area contributed by atoms with Crippen molar-refractivity contribution in [3.05, 3.63) is 10.2 Å². The van der Waals surface area contributed by atoms with E-state index >= 15 is 0 Å². The molecule has 64 valence electrons. The van der Waals surface area contributed by atoms with Gasteiger partial charge in [0, 0.05) is 0 Å². The van der Waals surface area contributed by atoms with Crippen LogP contribution in [0.1, 0.15) is 33.1 Å². The lowest BCUT2D eigenvalue weighted by Crippen LogP contribution is -2.21. The lowest BCUT2D eigenvalue weighted by atomic mass is 9.76. The van der Waals surface area contributed by atoms with Gasteiger partial charge in [-0.15, -0.1) is 0 Å². The molecule has 1 fully saturated rings. The van der Waals surface area contributed by atoms with E-state index < -0.39 is 0 Å². The van der Waals surface area contributed by atoms with Crippen LogP contribution in [0.3, 0.4) is 0 Å². The maximum Gasteiger partial charge on any atom is -0.00838 e. The molecule has 0 aromatic rings. The molecule has 0 aliphatic heterocycles. The van der Waals surface area contributed by atoms with Crippen molar-refractivity contribution in [2.24, 2.45) is 17.8 Å². The topological polar surface area (TPSA) is 0 Å². The number of allylic oxidation sites excluding steroid dienone is 1. The maximum absolute atomic E-state index is 4.04. The molecule has 11 heavy (non-hydrogen) atoms. The van der Waals surface area contributed by atoms with E-state index in [1.54, 1.807) is 0 Å². The van der Waals surface area contributed by atoms with Gasteiger partial charge in [0.25, 0.3) is 0 Å². The molecule has 0 spiro atoms. The number of halogens is 1. The monoisotopic (exact) mass is 264 g/mol. The number of rotatable bonds is 1. The van der Waals surface area contributed by atoms with E-state index in [1.807, 2.05) is 0 Å². The van der Waals surface area contributed by atoms with E-state index in [-0.39, 0.29) is 0 Å². The molecule has 0 amide bonds. The van der Waals surface area contributed by atoms with E-state index in [9.17, 15) is 0 Å². The summed E-state index contributed by atoms with van der Waals surface area (Å²) in [5, 5.41) is 0. The second-order valence-electron chi connectivity index (χ2n) is 3.95. The Morgan fingerprint density at radius 1 is 1.36 bits per heavy atom. The molecule has 1 saturated carbocycles. The highest BCUT2D eigenvalue weighted by atomic mass is 127. The molecular formula is C10H17I. The van der Waals surface area contributed by atoms with Crippen LogP contribution in [0, 0.1) is 17.8 Å². The predicted octanol–water partition coefficient (Wildman–Crippen LogP) is 4.01. The van der Waals surface area contributed by atoms with Crippen molar-refractivity contribution in [2.75, 3.05) is 0 Å². The summed E-state index contributed by atoms with van der Waals surface area (Å²) in [5.74, 6) is 2.60. The minimum absolute atomic E-state index is 0.798. The first-order chi connectivity index (χ1) is 5.11. The molecule has 1 heteroatoms. The van der Waals surface area contributed by atoms with Crippen LogP contribution < -0.4 is 0 Å². The SMILES string of the molecule is C=C(I)C1CC[C@H](C)CC1C. The van der Waals surface area contributed by atoms with Crippen LogP contribution in [-0.2, 0) is 0 Å². The van der Waals surface area contributed by atoms with Crippen molar-refractivity contribution < 1.29 is 0 Å². The van der Waals surface area contributed by atoms with Crippen LogP contribution >= 0.6 is 22.6 Å². The van der Waals surface area contributed by atoms with E-state index in [0.717, 1.165) is 17.8 Å². The van der Waals surface area contributed by atoms with Crippen molar-refractivity contribution in [1.82, 2.24) is 0 Å². The van der Waals surface area contributed by atoms with Gasteiger partial charge in [-0.2, -0.15) is 0 Å². The standard InChI is InChI=1S/C10H17I/c1-7-4-5-10(9(3)11)8(2)6-7/h7-8,10H,3-6H2,1-2H3/t7-,8?,10?/m0/s1. The van der Waals surface area contributed by atoms with Crippen LogP contribution in [0.5, 0.6) is 0 Å². The molecule has 0 heterocycles. The van der Waals surface area contributed by atoms with Gasteiger partial charge < -0.3 is 0 Å². The van der Waals surface area contributed by atoms with Crippen molar-refractivity contribution in [2.45, 2.75) is 33.1 Å². The predicted molar refractivity (Wildman–Crippen MR) is 58.8 cm³/mol. The quantitative estimate of drug-likeness (QED) is 0.628. The van der Waals surface area contributed by atoms with Gasteiger partial charge in [0.1, 0.15) is 0 Å². The first kappa shape index (κ1) is 9.56. The third-order valence-corrected chi connectivity index (χ3v) is 3.63. The van der Waals surface area contributed by atoms with Gasteiger partial charge in [-0.25, -0.2) is 0 Å². The first-order valence-electron chi connectivity index (χ1n) is 4.45. The van der Waals surface area contributed by atoms with Gasteiger partial charge in [0.15, 0.2) is 0 Å². The Hall–Kier alpha value is 0.470. The lowest BCUT2D eigenvalue weighted by molar-refractivity contribution is 0.241. The Balaban J connectivity index is 2.50. The third kappa shape index (κ3) is 2.46. The summed E-state index contributed by atoms with van der Waals surface area (Å²) in [5.41, 5.74) is 0. The first-order valence-corrected chi connectivity index (χ1v) is 5.53. The molecule has 0 radical (unpaired) electrons. The fourth-order valence-corrected chi connectivity index (χ4v) is 3.06. The summed E-state index contributed by atoms with van der Waals surface area (Å²) in [7, 11) is 0. The second-order valence-corrected chi connectivity index (χ2v) is 5.33. The van der Waals surface area contributed by atoms with E-state index in [2.05, 4.69) is 43.0 Å². The van der Waals surface area contributed by atoms with E-state index in [1.165, 1.54) is 22.8 Å². The molecule has 0 aromatic heterocycles. The van der Waals surface area contributed by atoms with Gasteiger partial charge in [-0.3, -0.25) is 0 Å². The molecule has 3 atom stereocenters. The molecular weight excluding hydrogens is 247 g/mol. The summed E-state index contributed by atoms with van der Waals surface area (Å²) in [6.45, 7) is 8.77. The summed E-state index contributed by atoms with van der Waals surface area (Å²) < 4.78 is 1.36. The van der Waals surface area contributed by atoms with Crippen LogP contribution in [-0.4, -0.2) is 0 Å². The molecule has 1 aliphatic carbocycles. The van der Waals surface area contributed by atoms with E-state index in [0.29, 0.717) is 0 Å². The molecule has 0 aromatic carbocycles. The molecule has 2 unspecified atom stereocenters. The highest BCUT2D eigenvalue weighted by molar-refractivity contribution is 14.1. The maximum atomic E-state index is 4.04. The smallest absolute Gasteiger partial charge is 0.00838 e. The second kappa shape index (κ2) is 3.92. The Morgan fingerprint density at radius 2 is 2.00 bits per heavy atom.